The highest BCUT2D eigenvalue weighted by molar-refractivity contribution is 7.90. The van der Waals surface area contributed by atoms with Crippen LogP contribution in [0.2, 0.25) is 0 Å². The number of nitrogens with zero attached hydrogens (tertiary/aromatic N) is 10. The molecule has 0 atom stereocenters. The maximum absolute atomic E-state index is 13.7. The topological polar surface area (TPSA) is 378 Å². The van der Waals surface area contributed by atoms with Crippen molar-refractivity contribution in [3.63, 3.8) is 0 Å². The van der Waals surface area contributed by atoms with E-state index in [1.165, 1.54) is 69.2 Å². The van der Waals surface area contributed by atoms with Gasteiger partial charge in [-0.15, -0.1) is 0 Å². The van der Waals surface area contributed by atoms with E-state index >= 15 is 0 Å². The SMILES string of the molecule is CCCCN(CCCC)c1cc(C(=O)N(C)CC2CCCCC2)cc(S(N)(=O)=O)c1Oc1ccccc1.CCCCN(CCCC)c1cc(C(=O)N(C)CC2CCCCCC2)cc(S(N)(=O)=O)c1Oc1ccccc1.CCCCN(CCCC)c1cc(C(=O)N(C)CCCN(C)C)cc(S(N)(=O)=O)c1Oc1ccccc1.CCCCN(CCCC)c1cc(C(=O)N(C)CCN(C)C)cc(S(N)(=O)=O)c1Oc1ccccc1. The molecule has 0 spiro atoms. The minimum absolute atomic E-state index is 0.151. The number of nitrogens with two attached hydrogens (primary N) is 4. The zero-order valence-corrected chi connectivity index (χ0v) is 93.2. The predicted molar refractivity (Wildman–Crippen MR) is 593 cm³/mol. The molecular formula is C112H170N14O16S4. The van der Waals surface area contributed by atoms with Gasteiger partial charge in [0, 0.05) is 136 Å². The van der Waals surface area contributed by atoms with Gasteiger partial charge in [0.15, 0.2) is 23.0 Å². The number of sulfonamides is 4. The highest BCUT2D eigenvalue weighted by Gasteiger charge is 2.35. The van der Waals surface area contributed by atoms with Gasteiger partial charge in [0.05, 0.1) is 22.7 Å². The molecule has 2 fully saturated rings. The van der Waals surface area contributed by atoms with Crippen molar-refractivity contribution in [1.82, 2.24) is 29.4 Å². The first-order chi connectivity index (χ1) is 69.6. The fourth-order valence-corrected chi connectivity index (χ4v) is 20.4. The first-order valence-corrected chi connectivity index (χ1v) is 58.9. The minimum Gasteiger partial charge on any atom is -0.454 e. The number of carbonyl (C=O) groups excluding carboxylic acids is 4. The van der Waals surface area contributed by atoms with Crippen LogP contribution in [0.4, 0.5) is 22.7 Å². The Morgan fingerprint density at radius 1 is 0.260 bits per heavy atom. The van der Waals surface area contributed by atoms with Crippen LogP contribution in [-0.2, 0) is 40.1 Å². The van der Waals surface area contributed by atoms with E-state index in [-0.39, 0.29) is 77.3 Å². The molecule has 4 amide bonds. The summed E-state index contributed by atoms with van der Waals surface area (Å²) in [4.78, 5) is 72.5. The summed E-state index contributed by atoms with van der Waals surface area (Å²) in [6.45, 7) is 26.6. The molecule has 146 heavy (non-hydrogen) atoms. The van der Waals surface area contributed by atoms with Crippen molar-refractivity contribution in [2.75, 3.05) is 168 Å². The molecule has 30 nitrogen and oxygen atoms in total. The molecule has 0 bridgehead atoms. The summed E-state index contributed by atoms with van der Waals surface area (Å²) >= 11 is 0. The molecule has 0 saturated heterocycles. The summed E-state index contributed by atoms with van der Waals surface area (Å²) in [5.74, 6) is 2.69. The molecule has 34 heteroatoms. The van der Waals surface area contributed by atoms with Gasteiger partial charge in [0.1, 0.15) is 42.6 Å². The number of benzene rings is 8. The largest absolute Gasteiger partial charge is 0.454 e. The summed E-state index contributed by atoms with van der Waals surface area (Å²) in [6.07, 6.45) is 29.1. The fraction of sp³-hybridized carbons (Fsp3) is 0.536. The van der Waals surface area contributed by atoms with Crippen molar-refractivity contribution in [2.24, 2.45) is 32.4 Å². The zero-order valence-electron chi connectivity index (χ0n) is 90.0. The summed E-state index contributed by atoms with van der Waals surface area (Å²) in [6, 6.07) is 48.7. The molecule has 0 radical (unpaired) electrons. The van der Waals surface area contributed by atoms with E-state index in [4.69, 9.17) is 39.5 Å². The van der Waals surface area contributed by atoms with Crippen molar-refractivity contribution < 1.29 is 71.8 Å². The quantitative estimate of drug-likeness (QED) is 0.0257. The third kappa shape index (κ3) is 40.2. The Hall–Kier alpha value is -10.4. The van der Waals surface area contributed by atoms with E-state index in [1.54, 1.807) is 114 Å². The average molecular weight is 2100 g/mol. The zero-order chi connectivity index (χ0) is 107. The van der Waals surface area contributed by atoms with Crippen LogP contribution < -0.4 is 59.1 Å². The van der Waals surface area contributed by atoms with E-state index in [1.807, 2.05) is 113 Å². The number of para-hydroxylation sites is 4. The van der Waals surface area contributed by atoms with E-state index < -0.39 is 40.1 Å². The lowest BCUT2D eigenvalue weighted by Gasteiger charge is -2.30. The number of primary sulfonamides is 4. The lowest BCUT2D eigenvalue weighted by molar-refractivity contribution is 0.0755. The Balaban J connectivity index is 0.000000264. The molecule has 10 rings (SSSR count). The second kappa shape index (κ2) is 62.8. The summed E-state index contributed by atoms with van der Waals surface area (Å²) < 4.78 is 127. The van der Waals surface area contributed by atoms with Crippen molar-refractivity contribution in [1.29, 1.82) is 0 Å². The van der Waals surface area contributed by atoms with Crippen LogP contribution in [0, 0.1) is 11.8 Å². The highest BCUT2D eigenvalue weighted by Crippen LogP contribution is 2.46. The third-order valence-electron chi connectivity index (χ3n) is 26.0. The van der Waals surface area contributed by atoms with Crippen LogP contribution in [0.5, 0.6) is 46.0 Å². The predicted octanol–water partition coefficient (Wildman–Crippen LogP) is 21.5. The van der Waals surface area contributed by atoms with Gasteiger partial charge in [-0.2, -0.15) is 0 Å². The van der Waals surface area contributed by atoms with Crippen molar-refractivity contribution in [3.8, 4) is 46.0 Å². The fourth-order valence-electron chi connectivity index (χ4n) is 17.6. The molecule has 8 aromatic carbocycles. The van der Waals surface area contributed by atoms with Gasteiger partial charge in [0.25, 0.3) is 23.6 Å². The highest BCUT2D eigenvalue weighted by atomic mass is 32.2. The number of rotatable bonds is 55. The molecular weight excluding hydrogens is 1930 g/mol. The molecule has 0 heterocycles. The maximum Gasteiger partial charge on any atom is 0.253 e. The molecule has 2 aliphatic carbocycles. The van der Waals surface area contributed by atoms with Crippen LogP contribution >= 0.6 is 0 Å². The number of hydrogen-bond acceptors (Lipinski definition) is 22. The Labute approximate surface area is 874 Å². The van der Waals surface area contributed by atoms with Gasteiger partial charge in [-0.3, -0.25) is 19.2 Å². The van der Waals surface area contributed by atoms with Gasteiger partial charge in [-0.1, -0.05) is 224 Å². The number of unbranched alkanes of at least 4 members (excludes halogenated alkanes) is 8. The minimum atomic E-state index is -4.19. The molecule has 8 N–H and O–H groups in total. The number of likely N-dealkylation sites (N-methyl/N-ethyl adjacent to an activating group) is 2. The molecule has 8 aromatic rings. The molecule has 2 saturated carbocycles. The molecule has 0 aromatic heterocycles. The second-order valence-corrected chi connectivity index (χ2v) is 45.2. The standard InChI is InChI=1S/C30H45N3O4S.C29H43N3O4S.C27H42N4O4S.C26H40N4O4S/c1-4-6-19-33(20-7-5-2)27-21-25(30(34)32(3)23-24-15-11-8-9-12-16-24)22-28(38(31,35)36)29(27)37-26-17-13-10-14-18-26;1-4-6-18-32(19-7-5-2)26-20-24(29(33)31(3)22-23-14-10-8-11-15-23)21-27(37(30,34)35)28(26)36-25-16-12-9-13-17-25;1-6-8-18-31(19-9-7-2)24-20-22(27(32)30(5)17-13-16-29(3)4)21-25(36(28,33)34)26(24)35-23-14-11-10-12-15-23;1-6-8-15-30(16-9-7-2)23-19-21(26(31)29(5)18-17-28(3)4)20-24(35(27,32)33)25(23)34-22-13-11-10-12-14-22/h10,13-14,17-18,21-22,24H,4-9,11-12,15-16,19-20,23H2,1-3H3,(H2,31,35,36);9,12-13,16-17,20-21,23H,4-8,10-11,14-15,18-19,22H2,1-3H3,(H2,30,34,35);10-12,14-15,20-21H,6-9,13,16-19H2,1-5H3,(H2,28,33,34);10-14,19-20H,6-9,15-18H2,1-5H3,(H2,27,32,33). The first kappa shape index (κ1) is 123. The Bertz CT molecular complexity index is 5750. The van der Waals surface area contributed by atoms with Gasteiger partial charge in [-0.05, 0) is 227 Å². The van der Waals surface area contributed by atoms with Crippen molar-refractivity contribution >= 4 is 86.5 Å². The third-order valence-corrected chi connectivity index (χ3v) is 29.6. The molecule has 2 aliphatic rings. The van der Waals surface area contributed by atoms with Gasteiger partial charge >= 0.3 is 0 Å². The number of hydrogen-bond donors (Lipinski definition) is 4. The monoisotopic (exact) mass is 2100 g/mol. The number of carbonyl (C=O) groups is 4. The molecule has 0 unspecified atom stereocenters. The van der Waals surface area contributed by atoms with Gasteiger partial charge in [0.2, 0.25) is 40.1 Å². The van der Waals surface area contributed by atoms with Crippen LogP contribution in [0.3, 0.4) is 0 Å². The normalized spacial score (nSPS) is 13.1. The van der Waals surface area contributed by atoms with Crippen LogP contribution in [0.15, 0.2) is 189 Å². The smallest absolute Gasteiger partial charge is 0.253 e. The first-order valence-electron chi connectivity index (χ1n) is 52.7. The number of ether oxygens (including phenoxy) is 4. The van der Waals surface area contributed by atoms with Crippen LogP contribution in [0.1, 0.15) is 277 Å². The average Bonchev–Trinajstić information content (AvgIpc) is 0.879. The Morgan fingerprint density at radius 3 is 0.671 bits per heavy atom. The summed E-state index contributed by atoms with van der Waals surface area (Å²) in [5.41, 5.74) is 3.49. The van der Waals surface area contributed by atoms with E-state index in [2.05, 4.69) is 79.9 Å². The van der Waals surface area contributed by atoms with E-state index in [9.17, 15) is 52.8 Å². The van der Waals surface area contributed by atoms with Gasteiger partial charge < -0.3 is 67.9 Å². The van der Waals surface area contributed by atoms with Crippen LogP contribution in [-0.4, -0.2) is 235 Å². The summed E-state index contributed by atoms with van der Waals surface area (Å²) in [5, 5.41) is 22.8. The number of anilines is 4. The lowest BCUT2D eigenvalue weighted by Crippen LogP contribution is -2.34. The van der Waals surface area contributed by atoms with Gasteiger partial charge in [-0.25, -0.2) is 54.2 Å². The van der Waals surface area contributed by atoms with Crippen molar-refractivity contribution in [2.45, 2.75) is 255 Å². The Morgan fingerprint density at radius 2 is 0.466 bits per heavy atom. The maximum atomic E-state index is 13.7. The Kier molecular flexibility index (Phi) is 52.7. The molecule has 0 aliphatic heterocycles. The lowest BCUT2D eigenvalue weighted by atomic mass is 9.89. The van der Waals surface area contributed by atoms with Crippen LogP contribution in [0.25, 0.3) is 0 Å². The van der Waals surface area contributed by atoms with E-state index in [0.717, 1.165) is 168 Å². The molecule has 808 valence electrons. The summed E-state index contributed by atoms with van der Waals surface area (Å²) in [7, 11) is -1.86. The second-order valence-electron chi connectivity index (χ2n) is 39.1. The van der Waals surface area contributed by atoms with E-state index in [0.29, 0.717) is 128 Å². The van der Waals surface area contributed by atoms with Crippen molar-refractivity contribution in [3.05, 3.63) is 192 Å². The number of amides is 4.